The summed E-state index contributed by atoms with van der Waals surface area (Å²) in [5.74, 6) is 2.08. The topological polar surface area (TPSA) is 0 Å². The van der Waals surface area contributed by atoms with E-state index in [1.807, 2.05) is 0 Å². The van der Waals surface area contributed by atoms with Crippen molar-refractivity contribution in [1.29, 1.82) is 0 Å². The fourth-order valence-electron chi connectivity index (χ4n) is 14.5. The summed E-state index contributed by atoms with van der Waals surface area (Å²) < 4.78 is 0. The zero-order valence-electron chi connectivity index (χ0n) is 28.8. The first-order valence-electron chi connectivity index (χ1n) is 20.5. The Kier molecular flexibility index (Phi) is 12.2. The molecular formula is C40H75P2. The minimum absolute atomic E-state index is 1.19. The van der Waals surface area contributed by atoms with Gasteiger partial charge in [0.2, 0.25) is 0 Å². The fraction of sp³-hybridized carbons (Fsp3) is 0.975. The maximum atomic E-state index is 2.82. The van der Waals surface area contributed by atoms with Crippen LogP contribution in [0.15, 0.2) is 0 Å². The van der Waals surface area contributed by atoms with E-state index in [9.17, 15) is 0 Å². The van der Waals surface area contributed by atoms with Gasteiger partial charge in [-0.05, 0) is 0 Å². The molecule has 0 aromatic carbocycles. The summed E-state index contributed by atoms with van der Waals surface area (Å²) >= 11 is 0. The van der Waals surface area contributed by atoms with E-state index >= 15 is 0 Å². The number of hydrogen-bond acceptors (Lipinski definition) is 0. The molecule has 0 heterocycles. The Balaban J connectivity index is 1.60. The molecule has 0 saturated heterocycles. The first kappa shape index (κ1) is 32.8. The van der Waals surface area contributed by atoms with E-state index in [1.54, 1.807) is 193 Å². The standard InChI is InChI=1S/C40H75P2/c1-33(2)40(41(34-21-9-3-10-22-34,35-23-11-4-12-24-35)36-25-13-5-14-26-36)42(37-27-15-6-16-28-37,38-29-17-7-18-30-38)39-31-19-8-20-32-39/h34-42H,3-32H2,1-2H3. The number of rotatable bonds is 9. The summed E-state index contributed by atoms with van der Waals surface area (Å²) in [6, 6.07) is 0. The summed E-state index contributed by atoms with van der Waals surface area (Å²) in [7, 11) is -3.30. The molecule has 0 bridgehead atoms. The average Bonchev–Trinajstić information content (AvgIpc) is 3.07. The van der Waals surface area contributed by atoms with Crippen molar-refractivity contribution < 1.29 is 0 Å². The average molecular weight is 618 g/mol. The second-order valence-corrected chi connectivity index (χ2v) is 28.2. The van der Waals surface area contributed by atoms with Crippen molar-refractivity contribution in [2.75, 3.05) is 0 Å². The van der Waals surface area contributed by atoms with Gasteiger partial charge in [-0.3, -0.25) is 0 Å². The van der Waals surface area contributed by atoms with E-state index in [2.05, 4.69) is 19.8 Å². The molecule has 0 spiro atoms. The van der Waals surface area contributed by atoms with E-state index in [4.69, 9.17) is 0 Å². The Morgan fingerprint density at radius 2 is 0.476 bits per heavy atom. The molecule has 0 atom stereocenters. The molecule has 0 N–H and O–H groups in total. The van der Waals surface area contributed by atoms with E-state index in [-0.39, 0.29) is 0 Å². The van der Waals surface area contributed by atoms with Crippen molar-refractivity contribution >= 4 is 14.5 Å². The third-order valence-corrected chi connectivity index (χ3v) is 33.6. The van der Waals surface area contributed by atoms with Crippen LogP contribution < -0.4 is 0 Å². The Labute approximate surface area is 265 Å². The van der Waals surface area contributed by atoms with Gasteiger partial charge in [0.15, 0.2) is 0 Å². The zero-order chi connectivity index (χ0) is 28.8. The zero-order valence-corrected chi connectivity index (χ0v) is 30.8. The van der Waals surface area contributed by atoms with Crippen LogP contribution >= 0.6 is 14.5 Å². The summed E-state index contributed by atoms with van der Waals surface area (Å²) in [6.07, 6.45) is 48.6. The molecule has 1 radical (unpaired) electrons. The van der Waals surface area contributed by atoms with Crippen LogP contribution in [0.3, 0.4) is 0 Å². The molecule has 0 aromatic heterocycles. The van der Waals surface area contributed by atoms with E-state index in [0.29, 0.717) is 0 Å². The van der Waals surface area contributed by atoms with Gasteiger partial charge in [-0.25, -0.2) is 0 Å². The van der Waals surface area contributed by atoms with Crippen LogP contribution in [0.25, 0.3) is 0 Å². The van der Waals surface area contributed by atoms with E-state index in [1.165, 1.54) is 39.4 Å². The number of hydrogen-bond donors (Lipinski definition) is 0. The molecule has 0 aromatic rings. The summed E-state index contributed by atoms with van der Waals surface area (Å²) in [5.41, 5.74) is 7.17. The molecule has 6 aliphatic rings. The van der Waals surface area contributed by atoms with Crippen LogP contribution in [0, 0.1) is 5.92 Å². The van der Waals surface area contributed by atoms with Gasteiger partial charge >= 0.3 is 266 Å². The molecular weight excluding hydrogens is 542 g/mol. The van der Waals surface area contributed by atoms with Crippen molar-refractivity contribution in [3.63, 3.8) is 0 Å². The van der Waals surface area contributed by atoms with Crippen LogP contribution in [0.4, 0.5) is 0 Å². The van der Waals surface area contributed by atoms with Gasteiger partial charge in [-0.15, -0.1) is 0 Å². The second kappa shape index (κ2) is 15.6. The van der Waals surface area contributed by atoms with Gasteiger partial charge in [0.05, 0.1) is 0 Å². The van der Waals surface area contributed by atoms with Gasteiger partial charge in [0, 0.05) is 0 Å². The second-order valence-electron chi connectivity index (χ2n) is 17.5. The van der Waals surface area contributed by atoms with Gasteiger partial charge in [0.25, 0.3) is 0 Å². The van der Waals surface area contributed by atoms with Gasteiger partial charge in [0.1, 0.15) is 0 Å². The molecule has 6 rings (SSSR count). The molecule has 0 unspecified atom stereocenters. The van der Waals surface area contributed by atoms with Crippen LogP contribution in [-0.4, -0.2) is 39.4 Å². The Hall–Kier alpha value is 0.860. The first-order chi connectivity index (χ1) is 20.7. The van der Waals surface area contributed by atoms with Crippen LogP contribution in [-0.2, 0) is 0 Å². The molecule has 42 heavy (non-hydrogen) atoms. The normalized spacial score (nSPS) is 30.0. The monoisotopic (exact) mass is 618 g/mol. The molecule has 6 fully saturated rings. The summed E-state index contributed by atoms with van der Waals surface area (Å²) in [6.45, 7) is 5.63. The Morgan fingerprint density at radius 3 is 0.619 bits per heavy atom. The minimum atomic E-state index is -1.65. The van der Waals surface area contributed by atoms with E-state index < -0.39 is 14.5 Å². The molecule has 0 nitrogen and oxygen atoms in total. The third-order valence-electron chi connectivity index (χ3n) is 15.5. The SMILES string of the molecule is C[C](C)C([PH](C1CCCCC1)(C1CCCCC1)C1CCCCC1)[PH](C1CCCCC1)(C1CCCCC1)C1CCCCC1. The van der Waals surface area contributed by atoms with E-state index in [0.717, 1.165) is 0 Å². The summed E-state index contributed by atoms with van der Waals surface area (Å²) in [4.78, 5) is 0. The van der Waals surface area contributed by atoms with Crippen LogP contribution in [0.5, 0.6) is 0 Å². The van der Waals surface area contributed by atoms with Gasteiger partial charge in [-0.1, -0.05) is 0 Å². The molecule has 2 heteroatoms. The molecule has 0 aliphatic heterocycles. The Bertz CT molecular complexity index is 614. The van der Waals surface area contributed by atoms with Crippen LogP contribution in [0.1, 0.15) is 206 Å². The quantitative estimate of drug-likeness (QED) is 0.226. The fourth-order valence-corrected chi connectivity index (χ4v) is 39.4. The van der Waals surface area contributed by atoms with Gasteiger partial charge in [-0.2, -0.15) is 0 Å². The van der Waals surface area contributed by atoms with Crippen LogP contribution in [0.2, 0.25) is 0 Å². The first-order valence-corrected chi connectivity index (χ1v) is 25.1. The molecule has 6 saturated carbocycles. The summed E-state index contributed by atoms with van der Waals surface area (Å²) in [5, 5.41) is 1.19. The van der Waals surface area contributed by atoms with Crippen molar-refractivity contribution in [3.8, 4) is 0 Å². The van der Waals surface area contributed by atoms with Crippen molar-refractivity contribution in [2.24, 2.45) is 0 Å². The maximum absolute atomic E-state index is 2.82. The molecule has 245 valence electrons. The van der Waals surface area contributed by atoms with Crippen molar-refractivity contribution in [3.05, 3.63) is 5.92 Å². The van der Waals surface area contributed by atoms with Crippen molar-refractivity contribution in [1.82, 2.24) is 0 Å². The van der Waals surface area contributed by atoms with Crippen molar-refractivity contribution in [2.45, 2.75) is 246 Å². The molecule has 0 amide bonds. The molecule has 6 aliphatic carbocycles. The Morgan fingerprint density at radius 1 is 0.310 bits per heavy atom. The van der Waals surface area contributed by atoms with Gasteiger partial charge < -0.3 is 0 Å². The predicted octanol–water partition coefficient (Wildman–Crippen LogP) is 13.4. The predicted molar refractivity (Wildman–Crippen MR) is 196 cm³/mol. The third kappa shape index (κ3) is 6.38.